The molecular weight excluding hydrogens is 360 g/mol. The summed E-state index contributed by atoms with van der Waals surface area (Å²) in [5, 5.41) is 7.15. The molecule has 146 valence electrons. The number of aliphatic imine (C=N–C) groups is 1. The largest absolute Gasteiger partial charge is 0.376 e. The SMILES string of the molecule is CCNC(=NCC(C)COCc1ccccc1)NCCc1ccc(Cl)nc1. The van der Waals surface area contributed by atoms with Gasteiger partial charge in [0.1, 0.15) is 5.15 Å². The van der Waals surface area contributed by atoms with Gasteiger partial charge in [0.05, 0.1) is 13.2 Å². The van der Waals surface area contributed by atoms with Crippen LogP contribution >= 0.6 is 11.6 Å². The molecule has 5 nitrogen and oxygen atoms in total. The van der Waals surface area contributed by atoms with E-state index in [1.807, 2.05) is 30.3 Å². The highest BCUT2D eigenvalue weighted by atomic mass is 35.5. The lowest BCUT2D eigenvalue weighted by Crippen LogP contribution is -2.38. The molecule has 1 heterocycles. The Morgan fingerprint density at radius 3 is 2.67 bits per heavy atom. The summed E-state index contributed by atoms with van der Waals surface area (Å²) in [4.78, 5) is 8.76. The molecule has 1 unspecified atom stereocenters. The number of pyridine rings is 1. The molecule has 0 aliphatic heterocycles. The van der Waals surface area contributed by atoms with Crippen molar-refractivity contribution in [3.05, 3.63) is 64.9 Å². The fourth-order valence-electron chi connectivity index (χ4n) is 2.47. The van der Waals surface area contributed by atoms with Gasteiger partial charge >= 0.3 is 0 Å². The number of benzene rings is 1. The van der Waals surface area contributed by atoms with Crippen LogP contribution in [-0.4, -0.2) is 37.2 Å². The van der Waals surface area contributed by atoms with Gasteiger partial charge in [0.2, 0.25) is 0 Å². The van der Waals surface area contributed by atoms with Crippen molar-refractivity contribution in [1.29, 1.82) is 0 Å². The quantitative estimate of drug-likeness (QED) is 0.370. The van der Waals surface area contributed by atoms with E-state index < -0.39 is 0 Å². The molecule has 27 heavy (non-hydrogen) atoms. The van der Waals surface area contributed by atoms with Gasteiger partial charge in [-0.1, -0.05) is 54.9 Å². The molecule has 1 atom stereocenters. The van der Waals surface area contributed by atoms with Crippen molar-refractivity contribution < 1.29 is 4.74 Å². The Hall–Kier alpha value is -2.11. The van der Waals surface area contributed by atoms with Crippen molar-refractivity contribution in [3.63, 3.8) is 0 Å². The first-order valence-corrected chi connectivity index (χ1v) is 9.79. The van der Waals surface area contributed by atoms with E-state index in [0.717, 1.165) is 31.0 Å². The number of guanidine groups is 1. The second-order valence-corrected chi connectivity index (χ2v) is 6.88. The van der Waals surface area contributed by atoms with Crippen molar-refractivity contribution in [3.8, 4) is 0 Å². The fraction of sp³-hybridized carbons (Fsp3) is 0.429. The second kappa shape index (κ2) is 12.3. The minimum atomic E-state index is 0.352. The summed E-state index contributed by atoms with van der Waals surface area (Å²) in [6.07, 6.45) is 2.67. The lowest BCUT2D eigenvalue weighted by Gasteiger charge is -2.14. The number of rotatable bonds is 10. The summed E-state index contributed by atoms with van der Waals surface area (Å²) in [5.41, 5.74) is 2.34. The van der Waals surface area contributed by atoms with Gasteiger partial charge in [-0.3, -0.25) is 4.99 Å². The topological polar surface area (TPSA) is 58.5 Å². The van der Waals surface area contributed by atoms with Gasteiger partial charge in [-0.25, -0.2) is 4.98 Å². The summed E-state index contributed by atoms with van der Waals surface area (Å²) in [5.74, 6) is 1.18. The highest BCUT2D eigenvalue weighted by molar-refractivity contribution is 6.29. The molecule has 0 radical (unpaired) electrons. The average Bonchev–Trinajstić information content (AvgIpc) is 2.68. The second-order valence-electron chi connectivity index (χ2n) is 6.49. The normalized spacial score (nSPS) is 12.6. The summed E-state index contributed by atoms with van der Waals surface area (Å²) in [7, 11) is 0. The third-order valence-electron chi connectivity index (χ3n) is 3.91. The van der Waals surface area contributed by atoms with E-state index in [0.29, 0.717) is 30.8 Å². The van der Waals surface area contributed by atoms with Gasteiger partial charge in [0, 0.05) is 25.8 Å². The maximum Gasteiger partial charge on any atom is 0.191 e. The van der Waals surface area contributed by atoms with Crippen LogP contribution in [0.2, 0.25) is 5.15 Å². The molecule has 2 aromatic rings. The lowest BCUT2D eigenvalue weighted by atomic mass is 10.2. The van der Waals surface area contributed by atoms with Crippen LogP contribution in [-0.2, 0) is 17.8 Å². The molecular formula is C21H29ClN4O. The number of halogens is 1. The van der Waals surface area contributed by atoms with E-state index in [1.54, 1.807) is 6.20 Å². The number of ether oxygens (including phenoxy) is 1. The molecule has 0 aliphatic carbocycles. The smallest absolute Gasteiger partial charge is 0.191 e. The van der Waals surface area contributed by atoms with Crippen molar-refractivity contribution >= 4 is 17.6 Å². The van der Waals surface area contributed by atoms with Crippen LogP contribution in [0, 0.1) is 5.92 Å². The van der Waals surface area contributed by atoms with E-state index in [4.69, 9.17) is 16.3 Å². The van der Waals surface area contributed by atoms with Crippen LogP contribution in [0.3, 0.4) is 0 Å². The van der Waals surface area contributed by atoms with Gasteiger partial charge in [-0.2, -0.15) is 0 Å². The fourth-order valence-corrected chi connectivity index (χ4v) is 2.59. The first kappa shape index (κ1) is 21.2. The third kappa shape index (κ3) is 8.89. The molecule has 0 fully saturated rings. The standard InChI is InChI=1S/C21H29ClN4O/c1-3-23-21(24-12-11-18-9-10-20(22)25-14-18)26-13-17(2)15-27-16-19-7-5-4-6-8-19/h4-10,14,17H,3,11-13,15-16H2,1-2H3,(H2,23,24,26). The Labute approximate surface area is 167 Å². The molecule has 0 aliphatic rings. The average molecular weight is 389 g/mol. The predicted molar refractivity (Wildman–Crippen MR) is 112 cm³/mol. The lowest BCUT2D eigenvalue weighted by molar-refractivity contribution is 0.0945. The summed E-state index contributed by atoms with van der Waals surface area (Å²) < 4.78 is 5.79. The Bertz CT molecular complexity index is 676. The highest BCUT2D eigenvalue weighted by Crippen LogP contribution is 2.05. The zero-order chi connectivity index (χ0) is 19.3. The van der Waals surface area contributed by atoms with Crippen LogP contribution in [0.5, 0.6) is 0 Å². The Kier molecular flexibility index (Phi) is 9.66. The van der Waals surface area contributed by atoms with Gasteiger partial charge in [-0.15, -0.1) is 0 Å². The van der Waals surface area contributed by atoms with Gasteiger partial charge in [0.25, 0.3) is 0 Å². The van der Waals surface area contributed by atoms with E-state index >= 15 is 0 Å². The van der Waals surface area contributed by atoms with E-state index in [-0.39, 0.29) is 0 Å². The van der Waals surface area contributed by atoms with Gasteiger partial charge in [0.15, 0.2) is 5.96 Å². The van der Waals surface area contributed by atoms with Crippen molar-refractivity contribution in [1.82, 2.24) is 15.6 Å². The molecule has 1 aromatic heterocycles. The van der Waals surface area contributed by atoms with Crippen molar-refractivity contribution in [2.24, 2.45) is 10.9 Å². The first-order chi connectivity index (χ1) is 13.2. The van der Waals surface area contributed by atoms with Crippen LogP contribution in [0.1, 0.15) is 25.0 Å². The first-order valence-electron chi connectivity index (χ1n) is 9.41. The molecule has 0 saturated heterocycles. The monoisotopic (exact) mass is 388 g/mol. The number of hydrogen-bond donors (Lipinski definition) is 2. The van der Waals surface area contributed by atoms with Crippen LogP contribution in [0.4, 0.5) is 0 Å². The number of hydrogen-bond acceptors (Lipinski definition) is 3. The summed E-state index contributed by atoms with van der Waals surface area (Å²) in [6, 6.07) is 14.0. The number of aromatic nitrogens is 1. The van der Waals surface area contributed by atoms with Crippen LogP contribution in [0.15, 0.2) is 53.7 Å². The maximum atomic E-state index is 5.81. The molecule has 0 spiro atoms. The van der Waals surface area contributed by atoms with Gasteiger partial charge < -0.3 is 15.4 Å². The minimum Gasteiger partial charge on any atom is -0.376 e. The summed E-state index contributed by atoms with van der Waals surface area (Å²) >= 11 is 5.81. The third-order valence-corrected chi connectivity index (χ3v) is 4.14. The maximum absolute atomic E-state index is 5.81. The molecule has 0 saturated carbocycles. The predicted octanol–water partition coefficient (Wildman–Crippen LogP) is 3.69. The minimum absolute atomic E-state index is 0.352. The zero-order valence-electron chi connectivity index (χ0n) is 16.1. The summed E-state index contributed by atoms with van der Waals surface area (Å²) in [6.45, 7) is 7.87. The molecule has 0 amide bonds. The van der Waals surface area contributed by atoms with Crippen LogP contribution < -0.4 is 10.6 Å². The van der Waals surface area contributed by atoms with E-state index in [2.05, 4.69) is 46.6 Å². The Morgan fingerprint density at radius 2 is 1.96 bits per heavy atom. The van der Waals surface area contributed by atoms with Crippen LogP contribution in [0.25, 0.3) is 0 Å². The Morgan fingerprint density at radius 1 is 1.15 bits per heavy atom. The molecule has 1 aromatic carbocycles. The van der Waals surface area contributed by atoms with E-state index in [9.17, 15) is 0 Å². The molecule has 2 rings (SSSR count). The number of nitrogens with one attached hydrogen (secondary N) is 2. The van der Waals surface area contributed by atoms with E-state index in [1.165, 1.54) is 5.56 Å². The molecule has 0 bridgehead atoms. The Balaban J connectivity index is 1.70. The molecule has 2 N–H and O–H groups in total. The van der Waals surface area contributed by atoms with Crippen molar-refractivity contribution in [2.75, 3.05) is 26.2 Å². The highest BCUT2D eigenvalue weighted by Gasteiger charge is 2.04. The van der Waals surface area contributed by atoms with Crippen molar-refractivity contribution in [2.45, 2.75) is 26.9 Å². The zero-order valence-corrected chi connectivity index (χ0v) is 16.9. The molecule has 6 heteroatoms. The number of nitrogens with zero attached hydrogens (tertiary/aromatic N) is 2. The van der Waals surface area contributed by atoms with Gasteiger partial charge in [-0.05, 0) is 36.5 Å².